The summed E-state index contributed by atoms with van der Waals surface area (Å²) in [6, 6.07) is 7.09. The van der Waals surface area contributed by atoms with E-state index in [4.69, 9.17) is 5.73 Å². The number of carbonyl (C=O) groups is 3. The molecular weight excluding hydrogens is 350 g/mol. The maximum Gasteiger partial charge on any atom is 0.251 e. The molecular formula is C19H21N3O3S. The second kappa shape index (κ2) is 7.70. The second-order valence-corrected chi connectivity index (χ2v) is 7.49. The van der Waals surface area contributed by atoms with Crippen molar-refractivity contribution in [1.82, 2.24) is 0 Å². The maximum absolute atomic E-state index is 12.4. The van der Waals surface area contributed by atoms with Gasteiger partial charge in [-0.1, -0.05) is 12.1 Å². The van der Waals surface area contributed by atoms with Crippen molar-refractivity contribution in [2.75, 3.05) is 10.6 Å². The molecule has 0 spiro atoms. The summed E-state index contributed by atoms with van der Waals surface area (Å²) in [7, 11) is 0. The van der Waals surface area contributed by atoms with Gasteiger partial charge in [-0.25, -0.2) is 0 Å². The number of carbonyl (C=O) groups excluding carboxylic acids is 3. The van der Waals surface area contributed by atoms with E-state index in [1.54, 1.807) is 24.3 Å². The Morgan fingerprint density at radius 1 is 1.08 bits per heavy atom. The van der Waals surface area contributed by atoms with Crippen molar-refractivity contribution in [3.8, 4) is 0 Å². The molecule has 0 fully saturated rings. The number of nitrogens with two attached hydrogens (primary N) is 1. The zero-order valence-electron chi connectivity index (χ0n) is 14.6. The van der Waals surface area contributed by atoms with Gasteiger partial charge in [0.05, 0.1) is 12.0 Å². The van der Waals surface area contributed by atoms with Crippen molar-refractivity contribution in [2.24, 2.45) is 5.73 Å². The van der Waals surface area contributed by atoms with E-state index in [2.05, 4.69) is 10.6 Å². The number of benzene rings is 1. The molecule has 1 aromatic heterocycles. The number of nitrogens with one attached hydrogen (secondary N) is 2. The molecule has 136 valence electrons. The van der Waals surface area contributed by atoms with Crippen molar-refractivity contribution in [3.63, 3.8) is 0 Å². The topological polar surface area (TPSA) is 101 Å². The van der Waals surface area contributed by atoms with Gasteiger partial charge in [0.1, 0.15) is 5.00 Å². The molecule has 0 unspecified atom stereocenters. The fourth-order valence-electron chi connectivity index (χ4n) is 3.18. The van der Waals surface area contributed by atoms with E-state index in [0.29, 0.717) is 16.3 Å². The fourth-order valence-corrected chi connectivity index (χ4v) is 4.49. The minimum Gasteiger partial charge on any atom is -0.365 e. The molecule has 7 heteroatoms. The van der Waals surface area contributed by atoms with Crippen molar-refractivity contribution in [1.29, 1.82) is 0 Å². The normalized spacial score (nSPS) is 13.0. The monoisotopic (exact) mass is 371 g/mol. The molecule has 4 N–H and O–H groups in total. The van der Waals surface area contributed by atoms with Crippen LogP contribution in [-0.2, 0) is 28.9 Å². The third-order valence-electron chi connectivity index (χ3n) is 4.31. The van der Waals surface area contributed by atoms with Crippen LogP contribution in [0.3, 0.4) is 0 Å². The first-order valence-electron chi connectivity index (χ1n) is 8.54. The van der Waals surface area contributed by atoms with E-state index in [0.717, 1.165) is 41.7 Å². The van der Waals surface area contributed by atoms with Gasteiger partial charge in [-0.3, -0.25) is 14.4 Å². The summed E-state index contributed by atoms with van der Waals surface area (Å²) in [4.78, 5) is 36.5. The third-order valence-corrected chi connectivity index (χ3v) is 5.52. The molecule has 1 heterocycles. The van der Waals surface area contributed by atoms with Crippen LogP contribution in [0.4, 0.5) is 10.7 Å². The number of hydrogen-bond donors (Lipinski definition) is 3. The highest BCUT2D eigenvalue weighted by molar-refractivity contribution is 7.17. The number of amides is 3. The summed E-state index contributed by atoms with van der Waals surface area (Å²) in [5.41, 5.74) is 8.53. The molecule has 2 aromatic rings. The van der Waals surface area contributed by atoms with Gasteiger partial charge in [0.25, 0.3) is 5.91 Å². The van der Waals surface area contributed by atoms with Gasteiger partial charge in [0.15, 0.2) is 0 Å². The van der Waals surface area contributed by atoms with E-state index in [9.17, 15) is 14.4 Å². The van der Waals surface area contributed by atoms with Crippen molar-refractivity contribution in [3.05, 3.63) is 45.8 Å². The summed E-state index contributed by atoms with van der Waals surface area (Å²) in [6.07, 6.45) is 4.09. The molecule has 1 aromatic carbocycles. The number of rotatable bonds is 5. The minimum absolute atomic E-state index is 0.142. The van der Waals surface area contributed by atoms with Crippen LogP contribution >= 0.6 is 11.3 Å². The summed E-state index contributed by atoms with van der Waals surface area (Å²) in [6.45, 7) is 1.44. The van der Waals surface area contributed by atoms with E-state index in [1.165, 1.54) is 18.3 Å². The number of anilines is 2. The summed E-state index contributed by atoms with van der Waals surface area (Å²) in [5.74, 6) is -0.825. The van der Waals surface area contributed by atoms with Crippen LogP contribution in [0, 0.1) is 0 Å². The van der Waals surface area contributed by atoms with Crippen LogP contribution in [-0.4, -0.2) is 17.7 Å². The minimum atomic E-state index is -0.487. The van der Waals surface area contributed by atoms with E-state index in [1.807, 2.05) is 0 Å². The Hall–Kier alpha value is -2.67. The van der Waals surface area contributed by atoms with Crippen molar-refractivity contribution >= 4 is 39.7 Å². The van der Waals surface area contributed by atoms with E-state index >= 15 is 0 Å². The number of hydrogen-bond acceptors (Lipinski definition) is 4. The molecule has 1 aliphatic carbocycles. The maximum atomic E-state index is 12.4. The van der Waals surface area contributed by atoms with E-state index in [-0.39, 0.29) is 18.2 Å². The molecule has 0 aliphatic heterocycles. The molecule has 3 amide bonds. The second-order valence-electron chi connectivity index (χ2n) is 6.38. The predicted molar refractivity (Wildman–Crippen MR) is 103 cm³/mol. The molecule has 26 heavy (non-hydrogen) atoms. The molecule has 3 rings (SSSR count). The average molecular weight is 371 g/mol. The standard InChI is InChI=1S/C19H21N3O3S/c1-11(23)21-13-8-6-12(7-9-13)10-16(24)22-19-17(18(20)25)14-4-2-3-5-15(14)26-19/h6-9H,2-5,10H2,1H3,(H2,20,25)(H,21,23)(H,22,24). The summed E-state index contributed by atoms with van der Waals surface area (Å²) in [5, 5.41) is 6.10. The zero-order valence-corrected chi connectivity index (χ0v) is 15.4. The van der Waals surface area contributed by atoms with Crippen LogP contribution in [0.25, 0.3) is 0 Å². The Bertz CT molecular complexity index is 856. The quantitative estimate of drug-likeness (QED) is 0.753. The highest BCUT2D eigenvalue weighted by Gasteiger charge is 2.24. The van der Waals surface area contributed by atoms with Gasteiger partial charge < -0.3 is 16.4 Å². The van der Waals surface area contributed by atoms with Crippen LogP contribution < -0.4 is 16.4 Å². The lowest BCUT2D eigenvalue weighted by atomic mass is 9.95. The number of primary amides is 1. The van der Waals surface area contributed by atoms with Gasteiger partial charge >= 0.3 is 0 Å². The Balaban J connectivity index is 1.71. The first kappa shape index (κ1) is 18.1. The lowest BCUT2D eigenvalue weighted by Gasteiger charge is -2.11. The Kier molecular flexibility index (Phi) is 5.37. The summed E-state index contributed by atoms with van der Waals surface area (Å²) < 4.78 is 0. The molecule has 0 radical (unpaired) electrons. The van der Waals surface area contributed by atoms with Crippen LogP contribution in [0.15, 0.2) is 24.3 Å². The predicted octanol–water partition coefficient (Wildman–Crippen LogP) is 2.87. The highest BCUT2D eigenvalue weighted by atomic mass is 32.1. The first-order valence-corrected chi connectivity index (χ1v) is 9.36. The van der Waals surface area contributed by atoms with Crippen molar-refractivity contribution < 1.29 is 14.4 Å². The molecule has 0 bridgehead atoms. The molecule has 0 atom stereocenters. The van der Waals surface area contributed by atoms with Crippen LogP contribution in [0.2, 0.25) is 0 Å². The molecule has 0 saturated heterocycles. The third kappa shape index (κ3) is 4.11. The Morgan fingerprint density at radius 3 is 2.42 bits per heavy atom. The number of fused-ring (bicyclic) bond motifs is 1. The SMILES string of the molecule is CC(=O)Nc1ccc(CC(=O)Nc2sc3c(c2C(N)=O)CCCC3)cc1. The highest BCUT2D eigenvalue weighted by Crippen LogP contribution is 2.37. The zero-order chi connectivity index (χ0) is 18.7. The van der Waals surface area contributed by atoms with E-state index < -0.39 is 5.91 Å². The van der Waals surface area contributed by atoms with Gasteiger partial charge in [-0.15, -0.1) is 11.3 Å². The lowest BCUT2D eigenvalue weighted by Crippen LogP contribution is -2.19. The number of aryl methyl sites for hydroxylation is 1. The molecule has 1 aliphatic rings. The van der Waals surface area contributed by atoms with Crippen LogP contribution in [0.1, 0.15) is 46.1 Å². The largest absolute Gasteiger partial charge is 0.365 e. The van der Waals surface area contributed by atoms with Gasteiger partial charge in [-0.2, -0.15) is 0 Å². The summed E-state index contributed by atoms with van der Waals surface area (Å²) >= 11 is 1.46. The van der Waals surface area contributed by atoms with Gasteiger partial charge in [-0.05, 0) is 48.9 Å². The smallest absolute Gasteiger partial charge is 0.251 e. The van der Waals surface area contributed by atoms with Crippen LogP contribution in [0.5, 0.6) is 0 Å². The Morgan fingerprint density at radius 2 is 1.77 bits per heavy atom. The van der Waals surface area contributed by atoms with Crippen molar-refractivity contribution in [2.45, 2.75) is 39.0 Å². The van der Waals surface area contributed by atoms with Gasteiger partial charge in [0.2, 0.25) is 11.8 Å². The average Bonchev–Trinajstić information content (AvgIpc) is 2.93. The molecule has 0 saturated carbocycles. The number of thiophene rings is 1. The lowest BCUT2D eigenvalue weighted by molar-refractivity contribution is -0.116. The fraction of sp³-hybridized carbons (Fsp3) is 0.316. The van der Waals surface area contributed by atoms with Gasteiger partial charge in [0, 0.05) is 17.5 Å². The molecule has 6 nitrogen and oxygen atoms in total. The Labute approximate surface area is 155 Å². The first-order chi connectivity index (χ1) is 12.4.